The van der Waals surface area contributed by atoms with Gasteiger partial charge >= 0.3 is 0 Å². The molecule has 0 atom stereocenters. The molecule has 0 unspecified atom stereocenters. The molecule has 0 radical (unpaired) electrons. The van der Waals surface area contributed by atoms with Crippen molar-refractivity contribution in [2.75, 3.05) is 5.32 Å². The second-order valence-electron chi connectivity index (χ2n) is 5.39. The molecule has 0 fully saturated rings. The molecule has 2 heterocycles. The molecule has 0 aliphatic heterocycles. The number of nitrogens with one attached hydrogen (secondary N) is 1. The van der Waals surface area contributed by atoms with Crippen molar-refractivity contribution in [1.29, 1.82) is 5.26 Å². The number of aryl methyl sites for hydroxylation is 1. The molecule has 0 amide bonds. The predicted molar refractivity (Wildman–Crippen MR) is 91.7 cm³/mol. The third kappa shape index (κ3) is 4.30. The summed E-state index contributed by atoms with van der Waals surface area (Å²) in [4.78, 5) is 8.40. The van der Waals surface area contributed by atoms with Gasteiger partial charge in [-0.2, -0.15) is 5.26 Å². The van der Waals surface area contributed by atoms with E-state index in [0.29, 0.717) is 29.7 Å². The maximum absolute atomic E-state index is 12.9. The van der Waals surface area contributed by atoms with Gasteiger partial charge < -0.3 is 10.1 Å². The van der Waals surface area contributed by atoms with Gasteiger partial charge in [-0.3, -0.25) is 0 Å². The highest BCUT2D eigenvalue weighted by Gasteiger charge is 2.04. The quantitative estimate of drug-likeness (QED) is 0.757. The Hall–Kier alpha value is -3.46. The summed E-state index contributed by atoms with van der Waals surface area (Å²) < 4.78 is 18.5. The number of halogens is 1. The molecule has 6 heteroatoms. The number of hydrogen-bond acceptors (Lipinski definition) is 5. The first-order valence-electron chi connectivity index (χ1n) is 7.64. The first-order chi connectivity index (χ1) is 12.1. The normalized spacial score (nSPS) is 10.1. The van der Waals surface area contributed by atoms with Gasteiger partial charge in [0.1, 0.15) is 29.1 Å². The van der Waals surface area contributed by atoms with Crippen LogP contribution in [0.25, 0.3) is 0 Å². The Balaban J connectivity index is 1.67. The van der Waals surface area contributed by atoms with E-state index in [1.165, 1.54) is 12.1 Å². The van der Waals surface area contributed by atoms with Crippen LogP contribution in [-0.2, 0) is 6.54 Å². The molecule has 0 aliphatic carbocycles. The Morgan fingerprint density at radius 2 is 1.96 bits per heavy atom. The van der Waals surface area contributed by atoms with Crippen molar-refractivity contribution < 1.29 is 9.13 Å². The topological polar surface area (TPSA) is 70.8 Å². The smallest absolute Gasteiger partial charge is 0.219 e. The zero-order valence-corrected chi connectivity index (χ0v) is 13.5. The summed E-state index contributed by atoms with van der Waals surface area (Å²) >= 11 is 0. The summed E-state index contributed by atoms with van der Waals surface area (Å²) in [6.07, 6.45) is 1.64. The molecule has 3 aromatic rings. The molecule has 0 saturated heterocycles. The maximum atomic E-state index is 12.9. The third-order valence-electron chi connectivity index (χ3n) is 3.51. The van der Waals surface area contributed by atoms with E-state index in [1.54, 1.807) is 24.4 Å². The molecular weight excluding hydrogens is 319 g/mol. The van der Waals surface area contributed by atoms with E-state index >= 15 is 0 Å². The molecule has 2 aromatic heterocycles. The standard InChI is InChI=1S/C19H15FN4O/c1-13-2-7-18(24-17(13)11-21)23-12-14-8-9-22-19(10-14)25-16-5-3-15(20)4-6-16/h2-10H,12H2,1H3,(H,23,24). The lowest BCUT2D eigenvalue weighted by atomic mass is 10.2. The van der Waals surface area contributed by atoms with Crippen molar-refractivity contribution in [2.24, 2.45) is 0 Å². The van der Waals surface area contributed by atoms with Crippen molar-refractivity contribution in [2.45, 2.75) is 13.5 Å². The maximum Gasteiger partial charge on any atom is 0.219 e. The van der Waals surface area contributed by atoms with Crippen LogP contribution in [0.15, 0.2) is 54.7 Å². The number of nitrogens with zero attached hydrogens (tertiary/aromatic N) is 3. The van der Waals surface area contributed by atoms with Gasteiger partial charge in [-0.05, 0) is 54.4 Å². The van der Waals surface area contributed by atoms with Gasteiger partial charge in [0.2, 0.25) is 5.88 Å². The van der Waals surface area contributed by atoms with Gasteiger partial charge in [0, 0.05) is 18.8 Å². The highest BCUT2D eigenvalue weighted by molar-refractivity contribution is 5.43. The fourth-order valence-electron chi connectivity index (χ4n) is 2.17. The van der Waals surface area contributed by atoms with Crippen molar-refractivity contribution in [1.82, 2.24) is 9.97 Å². The SMILES string of the molecule is Cc1ccc(NCc2ccnc(Oc3ccc(F)cc3)c2)nc1C#N. The monoisotopic (exact) mass is 334 g/mol. The van der Waals surface area contributed by atoms with Crippen LogP contribution in [0, 0.1) is 24.1 Å². The molecular formula is C19H15FN4O. The van der Waals surface area contributed by atoms with E-state index in [1.807, 2.05) is 25.1 Å². The Labute approximate surface area is 144 Å². The van der Waals surface area contributed by atoms with Crippen LogP contribution in [-0.4, -0.2) is 9.97 Å². The average molecular weight is 334 g/mol. The largest absolute Gasteiger partial charge is 0.439 e. The van der Waals surface area contributed by atoms with Gasteiger partial charge in [-0.15, -0.1) is 0 Å². The second-order valence-corrected chi connectivity index (χ2v) is 5.39. The number of pyridine rings is 2. The molecule has 5 nitrogen and oxygen atoms in total. The Morgan fingerprint density at radius 3 is 2.72 bits per heavy atom. The van der Waals surface area contributed by atoms with Gasteiger partial charge in [0.25, 0.3) is 0 Å². The summed E-state index contributed by atoms with van der Waals surface area (Å²) in [7, 11) is 0. The number of anilines is 1. The predicted octanol–water partition coefficient (Wildman–Crippen LogP) is 4.20. The lowest BCUT2D eigenvalue weighted by molar-refractivity contribution is 0.460. The minimum absolute atomic E-state index is 0.319. The zero-order chi connectivity index (χ0) is 17.6. The molecule has 0 bridgehead atoms. The van der Waals surface area contributed by atoms with Crippen molar-refractivity contribution in [3.8, 4) is 17.7 Å². The molecule has 0 spiro atoms. The second kappa shape index (κ2) is 7.41. The van der Waals surface area contributed by atoms with Gasteiger partial charge in [-0.1, -0.05) is 6.07 Å². The molecule has 124 valence electrons. The first-order valence-corrected chi connectivity index (χ1v) is 7.64. The van der Waals surface area contributed by atoms with E-state index in [2.05, 4.69) is 21.4 Å². The third-order valence-corrected chi connectivity index (χ3v) is 3.51. The van der Waals surface area contributed by atoms with Crippen LogP contribution in [0.2, 0.25) is 0 Å². The van der Waals surface area contributed by atoms with Crippen molar-refractivity contribution in [3.63, 3.8) is 0 Å². The minimum atomic E-state index is -0.319. The highest BCUT2D eigenvalue weighted by Crippen LogP contribution is 2.20. The molecule has 0 saturated carbocycles. The number of nitriles is 1. The van der Waals surface area contributed by atoms with E-state index in [9.17, 15) is 4.39 Å². The lowest BCUT2D eigenvalue weighted by Crippen LogP contribution is -2.03. The summed E-state index contributed by atoms with van der Waals surface area (Å²) in [5.74, 6) is 1.24. The Bertz CT molecular complexity index is 919. The zero-order valence-electron chi connectivity index (χ0n) is 13.5. The van der Waals surface area contributed by atoms with E-state index in [4.69, 9.17) is 10.00 Å². The van der Waals surface area contributed by atoms with Crippen LogP contribution in [0.4, 0.5) is 10.2 Å². The van der Waals surface area contributed by atoms with Crippen molar-refractivity contribution in [3.05, 3.63) is 77.4 Å². The summed E-state index contributed by atoms with van der Waals surface area (Å²) in [5.41, 5.74) is 2.18. The van der Waals surface area contributed by atoms with Gasteiger partial charge in [-0.25, -0.2) is 14.4 Å². The Kier molecular flexibility index (Phi) is 4.86. The summed E-state index contributed by atoms with van der Waals surface area (Å²) in [6, 6.07) is 15.1. The Morgan fingerprint density at radius 1 is 1.16 bits per heavy atom. The molecule has 0 aliphatic rings. The van der Waals surface area contributed by atoms with Gasteiger partial charge in [0.15, 0.2) is 0 Å². The molecule has 25 heavy (non-hydrogen) atoms. The number of aromatic nitrogens is 2. The summed E-state index contributed by atoms with van der Waals surface area (Å²) in [6.45, 7) is 2.35. The minimum Gasteiger partial charge on any atom is -0.439 e. The first kappa shape index (κ1) is 16.4. The number of ether oxygens (including phenoxy) is 1. The number of rotatable bonds is 5. The van der Waals surface area contributed by atoms with Gasteiger partial charge in [0.05, 0.1) is 0 Å². The van der Waals surface area contributed by atoms with Crippen LogP contribution >= 0.6 is 0 Å². The van der Waals surface area contributed by atoms with Crippen molar-refractivity contribution >= 4 is 5.82 Å². The van der Waals surface area contributed by atoms with Crippen LogP contribution in [0.5, 0.6) is 11.6 Å². The fourth-order valence-corrected chi connectivity index (χ4v) is 2.17. The number of benzene rings is 1. The molecule has 1 aromatic carbocycles. The molecule has 1 N–H and O–H groups in total. The highest BCUT2D eigenvalue weighted by atomic mass is 19.1. The van der Waals surface area contributed by atoms with E-state index in [0.717, 1.165) is 11.1 Å². The molecule has 3 rings (SSSR count). The average Bonchev–Trinajstić information content (AvgIpc) is 2.63. The van der Waals surface area contributed by atoms with E-state index in [-0.39, 0.29) is 5.82 Å². The van der Waals surface area contributed by atoms with Crippen LogP contribution < -0.4 is 10.1 Å². The van der Waals surface area contributed by atoms with E-state index < -0.39 is 0 Å². The fraction of sp³-hybridized carbons (Fsp3) is 0.105. The summed E-state index contributed by atoms with van der Waals surface area (Å²) in [5, 5.41) is 12.2. The van der Waals surface area contributed by atoms with Crippen LogP contribution in [0.1, 0.15) is 16.8 Å². The lowest BCUT2D eigenvalue weighted by Gasteiger charge is -2.09. The number of hydrogen-bond donors (Lipinski definition) is 1. The van der Waals surface area contributed by atoms with Crippen LogP contribution in [0.3, 0.4) is 0 Å².